The molecule has 0 radical (unpaired) electrons. The molecule has 2 atom stereocenters. The van der Waals surface area contributed by atoms with Crippen LogP contribution in [0.5, 0.6) is 0 Å². The lowest BCUT2D eigenvalue weighted by Gasteiger charge is -2.29. The maximum absolute atomic E-state index is 12.4. The Morgan fingerprint density at radius 2 is 2.45 bits per heavy atom. The largest absolute Gasteiger partial charge is 0.338 e. The van der Waals surface area contributed by atoms with E-state index >= 15 is 0 Å². The quantitative estimate of drug-likeness (QED) is 0.909. The number of aromatic nitrogens is 3. The molecular weight excluding hydrogens is 282 g/mol. The molecule has 22 heavy (non-hydrogen) atoms. The Morgan fingerprint density at radius 3 is 3.14 bits per heavy atom. The van der Waals surface area contributed by atoms with Gasteiger partial charge in [0, 0.05) is 24.5 Å². The number of hydrogen-bond acceptors (Lipinski definition) is 5. The van der Waals surface area contributed by atoms with E-state index in [4.69, 9.17) is 4.52 Å². The zero-order chi connectivity index (χ0) is 15.5. The molecule has 1 aliphatic heterocycles. The minimum absolute atomic E-state index is 0.0662. The van der Waals surface area contributed by atoms with Crippen LogP contribution in [0.4, 0.5) is 5.88 Å². The number of hydrogen-bond donors (Lipinski definition) is 1. The minimum atomic E-state index is -0.214. The van der Waals surface area contributed by atoms with E-state index in [2.05, 4.69) is 20.5 Å². The number of nitrogens with zero attached hydrogens (tertiary/aromatic N) is 4. The number of anilines is 1. The van der Waals surface area contributed by atoms with Crippen molar-refractivity contribution in [1.29, 1.82) is 0 Å². The smallest absolute Gasteiger partial charge is 0.243 e. The molecule has 0 unspecified atom stereocenters. The zero-order valence-electron chi connectivity index (χ0n) is 12.9. The lowest BCUT2D eigenvalue weighted by molar-refractivity contribution is -0.121. The molecule has 1 aliphatic rings. The first kappa shape index (κ1) is 14.8. The summed E-state index contributed by atoms with van der Waals surface area (Å²) in [7, 11) is 0. The van der Waals surface area contributed by atoms with Crippen LogP contribution in [0.25, 0.3) is 0 Å². The van der Waals surface area contributed by atoms with Crippen molar-refractivity contribution in [3.63, 3.8) is 0 Å². The Kier molecular flexibility index (Phi) is 4.24. The first-order chi connectivity index (χ1) is 10.6. The molecule has 0 aliphatic carbocycles. The van der Waals surface area contributed by atoms with Crippen molar-refractivity contribution in [3.05, 3.63) is 30.2 Å². The van der Waals surface area contributed by atoms with Gasteiger partial charge < -0.3 is 4.52 Å². The molecule has 1 fully saturated rings. The molecule has 7 heteroatoms. The van der Waals surface area contributed by atoms with Gasteiger partial charge in [-0.05, 0) is 39.3 Å². The van der Waals surface area contributed by atoms with Crippen LogP contribution in [0.3, 0.4) is 0 Å². The van der Waals surface area contributed by atoms with Gasteiger partial charge in [0.15, 0.2) is 0 Å². The Morgan fingerprint density at radius 1 is 1.59 bits per heavy atom. The van der Waals surface area contributed by atoms with Gasteiger partial charge in [0.2, 0.25) is 11.8 Å². The van der Waals surface area contributed by atoms with Gasteiger partial charge >= 0.3 is 0 Å². The Bertz CT molecular complexity index is 622. The average molecular weight is 303 g/mol. The fourth-order valence-corrected chi connectivity index (χ4v) is 2.99. The predicted octanol–water partition coefficient (Wildman–Crippen LogP) is 1.67. The summed E-state index contributed by atoms with van der Waals surface area (Å²) in [6.07, 6.45) is 5.92. The third kappa shape index (κ3) is 3.19. The maximum atomic E-state index is 12.4. The summed E-state index contributed by atoms with van der Waals surface area (Å²) < 4.78 is 6.97. The number of carbonyl (C=O) groups is 1. The van der Waals surface area contributed by atoms with E-state index in [1.54, 1.807) is 12.3 Å². The van der Waals surface area contributed by atoms with Crippen LogP contribution in [0, 0.1) is 6.92 Å². The summed E-state index contributed by atoms with van der Waals surface area (Å²) in [5.41, 5.74) is 0.751. The number of carbonyl (C=O) groups excluding carboxylic acids is 1. The van der Waals surface area contributed by atoms with E-state index in [1.807, 2.05) is 30.8 Å². The number of amides is 1. The fraction of sp³-hybridized carbons (Fsp3) is 0.533. The molecule has 1 saturated heterocycles. The minimum Gasteiger partial charge on any atom is -0.338 e. The molecule has 0 bridgehead atoms. The van der Waals surface area contributed by atoms with E-state index in [0.29, 0.717) is 11.9 Å². The first-order valence-corrected chi connectivity index (χ1v) is 7.61. The van der Waals surface area contributed by atoms with Gasteiger partial charge in [-0.3, -0.25) is 19.7 Å². The summed E-state index contributed by atoms with van der Waals surface area (Å²) in [6, 6.07) is 3.75. The molecule has 7 nitrogen and oxygen atoms in total. The standard InChI is InChI=1S/C15H21N5O2/c1-11-9-14(22-18-11)17-15(21)12(2)20-8-3-5-13(20)10-19-7-4-6-16-19/h4,6-7,9,12-13H,3,5,8,10H2,1-2H3,(H,17,21)/t12-,13+/m1/s1. The van der Waals surface area contributed by atoms with Crippen LogP contribution in [-0.4, -0.2) is 44.4 Å². The number of rotatable bonds is 5. The molecule has 1 amide bonds. The fourth-order valence-electron chi connectivity index (χ4n) is 2.99. The van der Waals surface area contributed by atoms with Crippen molar-refractivity contribution >= 4 is 11.8 Å². The molecule has 0 aromatic carbocycles. The van der Waals surface area contributed by atoms with Gasteiger partial charge in [-0.15, -0.1) is 0 Å². The summed E-state index contributed by atoms with van der Waals surface area (Å²) in [5.74, 6) is 0.334. The van der Waals surface area contributed by atoms with Crippen molar-refractivity contribution in [2.75, 3.05) is 11.9 Å². The summed E-state index contributed by atoms with van der Waals surface area (Å²) in [5, 5.41) is 10.8. The molecule has 0 saturated carbocycles. The molecule has 118 valence electrons. The second-order valence-electron chi connectivity index (χ2n) is 5.76. The van der Waals surface area contributed by atoms with Crippen LogP contribution >= 0.6 is 0 Å². The molecule has 3 heterocycles. The topological polar surface area (TPSA) is 76.2 Å². The highest BCUT2D eigenvalue weighted by molar-refractivity contribution is 5.93. The lowest BCUT2D eigenvalue weighted by Crippen LogP contribution is -2.46. The maximum Gasteiger partial charge on any atom is 0.243 e. The molecule has 2 aromatic rings. The third-order valence-corrected chi connectivity index (χ3v) is 4.13. The first-order valence-electron chi connectivity index (χ1n) is 7.61. The van der Waals surface area contributed by atoms with Crippen LogP contribution in [0.2, 0.25) is 0 Å². The van der Waals surface area contributed by atoms with Gasteiger partial charge in [0.25, 0.3) is 0 Å². The van der Waals surface area contributed by atoms with Gasteiger partial charge in [-0.25, -0.2) is 0 Å². The lowest BCUT2D eigenvalue weighted by atomic mass is 10.2. The van der Waals surface area contributed by atoms with Crippen molar-refractivity contribution < 1.29 is 9.32 Å². The van der Waals surface area contributed by atoms with Gasteiger partial charge in [0.05, 0.1) is 18.3 Å². The Balaban J connectivity index is 1.62. The average Bonchev–Trinajstić information content (AvgIpc) is 3.21. The van der Waals surface area contributed by atoms with Crippen LogP contribution in [0.1, 0.15) is 25.5 Å². The number of nitrogens with one attached hydrogen (secondary N) is 1. The van der Waals surface area contributed by atoms with Crippen molar-refractivity contribution in [3.8, 4) is 0 Å². The molecule has 0 spiro atoms. The van der Waals surface area contributed by atoms with Crippen LogP contribution < -0.4 is 5.32 Å². The molecule has 3 rings (SSSR count). The van der Waals surface area contributed by atoms with E-state index in [0.717, 1.165) is 31.6 Å². The highest BCUT2D eigenvalue weighted by Gasteiger charge is 2.32. The second kappa shape index (κ2) is 6.31. The van der Waals surface area contributed by atoms with Crippen molar-refractivity contribution in [2.45, 2.75) is 45.3 Å². The van der Waals surface area contributed by atoms with Crippen LogP contribution in [0.15, 0.2) is 29.0 Å². The van der Waals surface area contributed by atoms with E-state index in [9.17, 15) is 4.79 Å². The highest BCUT2D eigenvalue weighted by atomic mass is 16.5. The van der Waals surface area contributed by atoms with E-state index in [1.165, 1.54) is 0 Å². The Labute approximate surface area is 129 Å². The normalized spacial score (nSPS) is 20.2. The second-order valence-corrected chi connectivity index (χ2v) is 5.76. The third-order valence-electron chi connectivity index (χ3n) is 4.13. The monoisotopic (exact) mass is 303 g/mol. The van der Waals surface area contributed by atoms with Crippen molar-refractivity contribution in [2.24, 2.45) is 0 Å². The van der Waals surface area contributed by atoms with Crippen molar-refractivity contribution in [1.82, 2.24) is 19.8 Å². The van der Waals surface area contributed by atoms with E-state index in [-0.39, 0.29) is 11.9 Å². The van der Waals surface area contributed by atoms with Gasteiger partial charge in [-0.1, -0.05) is 5.16 Å². The summed E-state index contributed by atoms with van der Waals surface area (Å²) >= 11 is 0. The predicted molar refractivity (Wildman–Crippen MR) is 81.3 cm³/mol. The van der Waals surface area contributed by atoms with Gasteiger partial charge in [0.1, 0.15) is 0 Å². The van der Waals surface area contributed by atoms with Gasteiger partial charge in [-0.2, -0.15) is 5.10 Å². The number of aryl methyl sites for hydroxylation is 1. The summed E-state index contributed by atoms with van der Waals surface area (Å²) in [6.45, 7) is 5.49. The van der Waals surface area contributed by atoms with Crippen LogP contribution in [-0.2, 0) is 11.3 Å². The highest BCUT2D eigenvalue weighted by Crippen LogP contribution is 2.22. The van der Waals surface area contributed by atoms with E-state index < -0.39 is 0 Å². The molecule has 1 N–H and O–H groups in total. The summed E-state index contributed by atoms with van der Waals surface area (Å²) in [4.78, 5) is 14.6. The SMILES string of the molecule is Cc1cc(NC(=O)[C@@H](C)N2CCC[C@H]2Cn2cccn2)on1. The molecule has 2 aromatic heterocycles. The zero-order valence-corrected chi connectivity index (χ0v) is 12.9. The Hall–Kier alpha value is -2.15. The molecular formula is C15H21N5O2. The number of likely N-dealkylation sites (tertiary alicyclic amines) is 1.